The average molecular weight is 320 g/mol. The maximum absolute atomic E-state index is 5.91. The number of nitrogens with one attached hydrogen (secondary N) is 1. The van der Waals surface area contributed by atoms with Crippen LogP contribution in [0.3, 0.4) is 0 Å². The summed E-state index contributed by atoms with van der Waals surface area (Å²) in [6.45, 7) is 4.31. The van der Waals surface area contributed by atoms with E-state index in [-0.39, 0.29) is 0 Å². The van der Waals surface area contributed by atoms with E-state index in [0.717, 1.165) is 16.5 Å². The molecule has 0 saturated carbocycles. The van der Waals surface area contributed by atoms with Gasteiger partial charge in [0.05, 0.1) is 0 Å². The fourth-order valence-electron chi connectivity index (χ4n) is 2.43. The lowest BCUT2D eigenvalue weighted by molar-refractivity contribution is 0.660. The second kappa shape index (κ2) is 7.88. The van der Waals surface area contributed by atoms with E-state index in [2.05, 4.69) is 49.5 Å². The summed E-state index contributed by atoms with van der Waals surface area (Å²) in [5.41, 5.74) is 5.35. The molecule has 0 saturated heterocycles. The monoisotopic (exact) mass is 319 g/mol. The van der Waals surface area contributed by atoms with Crippen molar-refractivity contribution in [2.24, 2.45) is 0 Å². The summed E-state index contributed by atoms with van der Waals surface area (Å²) < 4.78 is 0. The lowest BCUT2D eigenvalue weighted by Gasteiger charge is -2.17. The number of hydrogen-bond donors (Lipinski definition) is 1. The second-order valence-electron chi connectivity index (χ2n) is 5.40. The number of aryl methyl sites for hydroxylation is 2. The van der Waals surface area contributed by atoms with Gasteiger partial charge in [-0.25, -0.2) is 0 Å². The molecule has 0 aromatic heterocycles. The maximum Gasteiger partial charge on any atom is 0.0409 e. The van der Waals surface area contributed by atoms with E-state index in [1.165, 1.54) is 22.3 Å². The molecule has 2 rings (SSSR count). The first-order valence-electron chi connectivity index (χ1n) is 7.16. The minimum absolute atomic E-state index is 0.390. The van der Waals surface area contributed by atoms with E-state index in [9.17, 15) is 0 Å². The molecule has 0 spiro atoms. The molecular formula is C18H22ClNS. The topological polar surface area (TPSA) is 12.0 Å². The third kappa shape index (κ3) is 5.06. The van der Waals surface area contributed by atoms with Gasteiger partial charge in [0, 0.05) is 22.6 Å². The highest BCUT2D eigenvalue weighted by molar-refractivity contribution is 7.98. The number of halogens is 1. The van der Waals surface area contributed by atoms with Crippen molar-refractivity contribution < 1.29 is 0 Å². The predicted octanol–water partition coefficient (Wildman–Crippen LogP) is 5.15. The normalized spacial score (nSPS) is 12.4. The molecule has 1 unspecified atom stereocenters. The first-order valence-corrected chi connectivity index (χ1v) is 8.69. The second-order valence-corrected chi connectivity index (χ2v) is 6.87. The Morgan fingerprint density at radius 1 is 1.05 bits per heavy atom. The molecule has 2 aromatic carbocycles. The lowest BCUT2D eigenvalue weighted by atomic mass is 10.0. The molecule has 0 heterocycles. The summed E-state index contributed by atoms with van der Waals surface area (Å²) in [5.74, 6) is 2.07. The molecular weight excluding hydrogens is 298 g/mol. The molecule has 0 aliphatic heterocycles. The maximum atomic E-state index is 5.91. The first-order chi connectivity index (χ1) is 10.1. The van der Waals surface area contributed by atoms with E-state index in [1.54, 1.807) is 0 Å². The number of rotatable bonds is 6. The number of benzene rings is 2. The SMILES string of the molecule is CNC(CSCc1ccc(Cl)cc1)c1cc(C)cc(C)c1. The predicted molar refractivity (Wildman–Crippen MR) is 95.3 cm³/mol. The Morgan fingerprint density at radius 2 is 1.67 bits per heavy atom. The molecule has 0 amide bonds. The van der Waals surface area contributed by atoms with Crippen LogP contribution in [0.1, 0.15) is 28.3 Å². The van der Waals surface area contributed by atoms with Gasteiger partial charge < -0.3 is 5.32 Å². The molecule has 2 aromatic rings. The Hall–Kier alpha value is -0.960. The van der Waals surface area contributed by atoms with Gasteiger partial charge in [-0.05, 0) is 44.2 Å². The zero-order valence-corrected chi connectivity index (χ0v) is 14.4. The minimum Gasteiger partial charge on any atom is -0.312 e. The van der Waals surface area contributed by atoms with E-state index in [0.29, 0.717) is 6.04 Å². The van der Waals surface area contributed by atoms with Gasteiger partial charge in [-0.2, -0.15) is 11.8 Å². The lowest BCUT2D eigenvalue weighted by Crippen LogP contribution is -2.19. The summed E-state index contributed by atoms with van der Waals surface area (Å²) in [6, 6.07) is 15.3. The number of hydrogen-bond acceptors (Lipinski definition) is 2. The Bertz CT molecular complexity index is 560. The molecule has 0 radical (unpaired) electrons. The zero-order chi connectivity index (χ0) is 15.2. The molecule has 21 heavy (non-hydrogen) atoms. The smallest absolute Gasteiger partial charge is 0.0409 e. The van der Waals surface area contributed by atoms with Crippen molar-refractivity contribution in [2.75, 3.05) is 12.8 Å². The van der Waals surface area contributed by atoms with Crippen molar-refractivity contribution in [1.82, 2.24) is 5.32 Å². The summed E-state index contributed by atoms with van der Waals surface area (Å²) in [5, 5.41) is 4.22. The third-order valence-electron chi connectivity index (χ3n) is 3.46. The highest BCUT2D eigenvalue weighted by Gasteiger charge is 2.10. The van der Waals surface area contributed by atoms with Gasteiger partial charge in [-0.15, -0.1) is 0 Å². The molecule has 0 aliphatic carbocycles. The van der Waals surface area contributed by atoms with Gasteiger partial charge in [0.2, 0.25) is 0 Å². The Balaban J connectivity index is 1.94. The van der Waals surface area contributed by atoms with E-state index in [1.807, 2.05) is 30.9 Å². The minimum atomic E-state index is 0.390. The molecule has 0 fully saturated rings. The summed E-state index contributed by atoms with van der Waals surface area (Å²) in [4.78, 5) is 0. The van der Waals surface area contributed by atoms with Crippen LogP contribution < -0.4 is 5.32 Å². The van der Waals surface area contributed by atoms with Crippen molar-refractivity contribution in [3.05, 3.63) is 69.7 Å². The molecule has 1 nitrogen and oxygen atoms in total. The zero-order valence-electron chi connectivity index (χ0n) is 12.8. The molecule has 1 N–H and O–H groups in total. The molecule has 1 atom stereocenters. The largest absolute Gasteiger partial charge is 0.312 e. The fourth-order valence-corrected chi connectivity index (χ4v) is 3.70. The van der Waals surface area contributed by atoms with Gasteiger partial charge >= 0.3 is 0 Å². The van der Waals surface area contributed by atoms with Crippen LogP contribution >= 0.6 is 23.4 Å². The molecule has 0 bridgehead atoms. The van der Waals surface area contributed by atoms with Crippen LogP contribution in [0, 0.1) is 13.8 Å². The quantitative estimate of drug-likeness (QED) is 0.790. The first kappa shape index (κ1) is 16.4. The van der Waals surface area contributed by atoms with E-state index < -0.39 is 0 Å². The standard InChI is InChI=1S/C18H22ClNS/c1-13-8-14(2)10-16(9-13)18(20-3)12-21-11-15-4-6-17(19)7-5-15/h4-10,18,20H,11-12H2,1-3H3. The van der Waals surface area contributed by atoms with Crippen molar-refractivity contribution >= 4 is 23.4 Å². The van der Waals surface area contributed by atoms with Crippen LogP contribution in [0.15, 0.2) is 42.5 Å². The van der Waals surface area contributed by atoms with Gasteiger partial charge in [0.25, 0.3) is 0 Å². The fraction of sp³-hybridized carbons (Fsp3) is 0.333. The van der Waals surface area contributed by atoms with E-state index in [4.69, 9.17) is 11.6 Å². The van der Waals surface area contributed by atoms with Crippen LogP contribution in [0.2, 0.25) is 5.02 Å². The Labute approximate surface area is 137 Å². The van der Waals surface area contributed by atoms with Crippen molar-refractivity contribution in [1.29, 1.82) is 0 Å². The summed E-state index contributed by atoms with van der Waals surface area (Å²) in [7, 11) is 2.03. The molecule has 3 heteroatoms. The molecule has 0 aliphatic rings. The Morgan fingerprint density at radius 3 is 2.24 bits per heavy atom. The summed E-state index contributed by atoms with van der Waals surface area (Å²) >= 11 is 7.86. The van der Waals surface area contributed by atoms with Crippen molar-refractivity contribution in [2.45, 2.75) is 25.6 Å². The Kier molecular flexibility index (Phi) is 6.16. The van der Waals surface area contributed by atoms with Gasteiger partial charge in [-0.1, -0.05) is 53.1 Å². The third-order valence-corrected chi connectivity index (χ3v) is 4.82. The van der Waals surface area contributed by atoms with Crippen molar-refractivity contribution in [3.8, 4) is 0 Å². The van der Waals surface area contributed by atoms with Gasteiger partial charge in [0.1, 0.15) is 0 Å². The van der Waals surface area contributed by atoms with Crippen LogP contribution in [-0.2, 0) is 5.75 Å². The number of thioether (sulfide) groups is 1. The van der Waals surface area contributed by atoms with Crippen LogP contribution in [0.5, 0.6) is 0 Å². The van der Waals surface area contributed by atoms with Crippen LogP contribution in [-0.4, -0.2) is 12.8 Å². The van der Waals surface area contributed by atoms with Crippen LogP contribution in [0.25, 0.3) is 0 Å². The van der Waals surface area contributed by atoms with Crippen LogP contribution in [0.4, 0.5) is 0 Å². The average Bonchev–Trinajstić information content (AvgIpc) is 2.44. The van der Waals surface area contributed by atoms with Gasteiger partial charge in [0.15, 0.2) is 0 Å². The highest BCUT2D eigenvalue weighted by Crippen LogP contribution is 2.23. The van der Waals surface area contributed by atoms with Gasteiger partial charge in [-0.3, -0.25) is 0 Å². The summed E-state index contributed by atoms with van der Waals surface area (Å²) in [6.07, 6.45) is 0. The van der Waals surface area contributed by atoms with E-state index >= 15 is 0 Å². The van der Waals surface area contributed by atoms with Crippen molar-refractivity contribution in [3.63, 3.8) is 0 Å². The highest BCUT2D eigenvalue weighted by atomic mass is 35.5. The molecule has 112 valence electrons.